The van der Waals surface area contributed by atoms with Crippen molar-refractivity contribution in [3.05, 3.63) is 0 Å². The van der Waals surface area contributed by atoms with Crippen molar-refractivity contribution in [1.29, 1.82) is 0 Å². The van der Waals surface area contributed by atoms with Gasteiger partial charge in [0.15, 0.2) is 0 Å². The first-order valence-electron chi connectivity index (χ1n) is 6.04. The van der Waals surface area contributed by atoms with Gasteiger partial charge in [-0.1, -0.05) is 6.92 Å². The average molecular weight is 230 g/mol. The number of likely N-dealkylation sites (N-methyl/N-ethyl adjacent to an activating group) is 2. The molecule has 4 nitrogen and oxygen atoms in total. The summed E-state index contributed by atoms with van der Waals surface area (Å²) in [7, 11) is 4.03. The average Bonchev–Trinajstić information content (AvgIpc) is 2.18. The fourth-order valence-corrected chi connectivity index (χ4v) is 1.75. The van der Waals surface area contributed by atoms with Crippen LogP contribution in [0.2, 0.25) is 0 Å². The molecular formula is C12H26N2O2. The Balaban J connectivity index is 4.09. The lowest BCUT2D eigenvalue weighted by Crippen LogP contribution is -2.45. The molecule has 1 unspecified atom stereocenters. The molecule has 0 saturated heterocycles. The lowest BCUT2D eigenvalue weighted by atomic mass is 10.2. The Morgan fingerprint density at radius 1 is 1.31 bits per heavy atom. The first-order chi connectivity index (χ1) is 7.52. The van der Waals surface area contributed by atoms with Crippen molar-refractivity contribution in [3.63, 3.8) is 0 Å². The quantitative estimate of drug-likeness (QED) is 0.588. The highest BCUT2D eigenvalue weighted by Gasteiger charge is 2.18. The van der Waals surface area contributed by atoms with Gasteiger partial charge in [0.1, 0.15) is 6.61 Å². The zero-order chi connectivity index (χ0) is 12.6. The first kappa shape index (κ1) is 15.4. The van der Waals surface area contributed by atoms with E-state index in [-0.39, 0.29) is 18.6 Å². The molecule has 0 N–H and O–H groups in total. The number of hydrogen-bond donors (Lipinski definition) is 0. The fraction of sp³-hybridized carbons (Fsp3) is 0.917. The predicted octanol–water partition coefficient (Wildman–Crippen LogP) is 1.21. The van der Waals surface area contributed by atoms with E-state index in [0.29, 0.717) is 6.61 Å². The van der Waals surface area contributed by atoms with E-state index in [1.807, 2.05) is 32.8 Å². The van der Waals surface area contributed by atoms with Gasteiger partial charge in [0.05, 0.1) is 0 Å². The number of ether oxygens (including phenoxy) is 1. The van der Waals surface area contributed by atoms with E-state index in [1.165, 1.54) is 0 Å². The standard InChI is InChI=1S/C12H26N2O2/c1-6-8-16-10-12(15)14(7-2)11(3)9-13(4)5/h11H,6-10H2,1-5H3. The predicted molar refractivity (Wildman–Crippen MR) is 66.5 cm³/mol. The molecule has 1 amide bonds. The minimum Gasteiger partial charge on any atom is -0.372 e. The Hall–Kier alpha value is -0.610. The van der Waals surface area contributed by atoms with Crippen molar-refractivity contribution >= 4 is 5.91 Å². The van der Waals surface area contributed by atoms with Gasteiger partial charge in [0.2, 0.25) is 5.91 Å². The number of hydrogen-bond acceptors (Lipinski definition) is 3. The summed E-state index contributed by atoms with van der Waals surface area (Å²) < 4.78 is 5.28. The topological polar surface area (TPSA) is 32.8 Å². The number of amides is 1. The van der Waals surface area contributed by atoms with Crippen LogP contribution in [0.1, 0.15) is 27.2 Å². The maximum Gasteiger partial charge on any atom is 0.248 e. The lowest BCUT2D eigenvalue weighted by molar-refractivity contribution is -0.138. The second-order valence-corrected chi connectivity index (χ2v) is 4.34. The molecule has 0 aromatic heterocycles. The van der Waals surface area contributed by atoms with E-state index in [1.54, 1.807) is 0 Å². The van der Waals surface area contributed by atoms with Crippen LogP contribution in [0.15, 0.2) is 0 Å². The minimum absolute atomic E-state index is 0.0882. The molecule has 0 aliphatic heterocycles. The van der Waals surface area contributed by atoms with Gasteiger partial charge >= 0.3 is 0 Å². The monoisotopic (exact) mass is 230 g/mol. The maximum absolute atomic E-state index is 11.9. The van der Waals surface area contributed by atoms with Crippen molar-refractivity contribution in [3.8, 4) is 0 Å². The van der Waals surface area contributed by atoms with Crippen LogP contribution in [0.25, 0.3) is 0 Å². The van der Waals surface area contributed by atoms with Gasteiger partial charge in [-0.05, 0) is 34.4 Å². The summed E-state index contributed by atoms with van der Waals surface area (Å²) in [5, 5.41) is 0. The third-order valence-corrected chi connectivity index (χ3v) is 2.40. The van der Waals surface area contributed by atoms with Crippen molar-refractivity contribution < 1.29 is 9.53 Å². The van der Waals surface area contributed by atoms with Gasteiger partial charge in [0.25, 0.3) is 0 Å². The van der Waals surface area contributed by atoms with E-state index in [2.05, 4.69) is 11.8 Å². The van der Waals surface area contributed by atoms with Crippen LogP contribution in [0.4, 0.5) is 0 Å². The molecule has 0 saturated carbocycles. The Labute approximate surface area is 99.5 Å². The zero-order valence-electron chi connectivity index (χ0n) is 11.3. The molecule has 0 aliphatic carbocycles. The Morgan fingerprint density at radius 2 is 1.94 bits per heavy atom. The van der Waals surface area contributed by atoms with Crippen molar-refractivity contribution in [2.75, 3.05) is 40.4 Å². The minimum atomic E-state index is 0.0882. The van der Waals surface area contributed by atoms with Crippen molar-refractivity contribution in [2.24, 2.45) is 0 Å². The molecule has 0 aliphatic rings. The van der Waals surface area contributed by atoms with Gasteiger partial charge in [-0.15, -0.1) is 0 Å². The molecule has 96 valence electrons. The summed E-state index contributed by atoms with van der Waals surface area (Å²) >= 11 is 0. The number of carbonyl (C=O) groups excluding carboxylic acids is 1. The molecular weight excluding hydrogens is 204 g/mol. The largest absolute Gasteiger partial charge is 0.372 e. The number of rotatable bonds is 8. The van der Waals surface area contributed by atoms with Crippen LogP contribution < -0.4 is 0 Å². The molecule has 0 fully saturated rings. The van der Waals surface area contributed by atoms with Crippen molar-refractivity contribution in [2.45, 2.75) is 33.2 Å². The zero-order valence-corrected chi connectivity index (χ0v) is 11.3. The molecule has 0 heterocycles. The van der Waals surface area contributed by atoms with Crippen LogP contribution in [0.5, 0.6) is 0 Å². The lowest BCUT2D eigenvalue weighted by Gasteiger charge is -2.30. The smallest absolute Gasteiger partial charge is 0.248 e. The molecule has 0 radical (unpaired) electrons. The van der Waals surface area contributed by atoms with Crippen LogP contribution in [-0.4, -0.2) is 62.1 Å². The highest BCUT2D eigenvalue weighted by molar-refractivity contribution is 5.77. The Bertz CT molecular complexity index is 195. The van der Waals surface area contributed by atoms with Crippen molar-refractivity contribution in [1.82, 2.24) is 9.80 Å². The summed E-state index contributed by atoms with van der Waals surface area (Å²) in [6.07, 6.45) is 0.951. The van der Waals surface area contributed by atoms with Gasteiger partial charge in [-0.2, -0.15) is 0 Å². The summed E-state index contributed by atoms with van der Waals surface area (Å²) in [4.78, 5) is 15.8. The van der Waals surface area contributed by atoms with Gasteiger partial charge in [-0.25, -0.2) is 0 Å². The highest BCUT2D eigenvalue weighted by atomic mass is 16.5. The van der Waals surface area contributed by atoms with Crippen LogP contribution in [0, 0.1) is 0 Å². The van der Waals surface area contributed by atoms with E-state index in [9.17, 15) is 4.79 Å². The van der Waals surface area contributed by atoms with E-state index >= 15 is 0 Å². The van der Waals surface area contributed by atoms with Gasteiger partial charge in [-0.3, -0.25) is 4.79 Å². The third kappa shape index (κ3) is 6.08. The molecule has 0 spiro atoms. The molecule has 1 atom stereocenters. The highest BCUT2D eigenvalue weighted by Crippen LogP contribution is 2.01. The maximum atomic E-state index is 11.9. The summed E-state index contributed by atoms with van der Waals surface area (Å²) in [6.45, 7) is 8.60. The van der Waals surface area contributed by atoms with E-state index < -0.39 is 0 Å². The SMILES string of the molecule is CCCOCC(=O)N(CC)C(C)CN(C)C. The Kier molecular flexibility index (Phi) is 8.21. The van der Waals surface area contributed by atoms with E-state index in [0.717, 1.165) is 19.5 Å². The number of nitrogens with zero attached hydrogens (tertiary/aromatic N) is 2. The fourth-order valence-electron chi connectivity index (χ4n) is 1.75. The van der Waals surface area contributed by atoms with Gasteiger partial charge < -0.3 is 14.5 Å². The van der Waals surface area contributed by atoms with Crippen LogP contribution >= 0.6 is 0 Å². The molecule has 16 heavy (non-hydrogen) atoms. The summed E-state index contributed by atoms with van der Waals surface area (Å²) in [6, 6.07) is 0.234. The third-order valence-electron chi connectivity index (χ3n) is 2.40. The number of carbonyl (C=O) groups is 1. The summed E-state index contributed by atoms with van der Waals surface area (Å²) in [5.74, 6) is 0.0882. The molecule has 4 heteroatoms. The first-order valence-corrected chi connectivity index (χ1v) is 6.04. The second kappa shape index (κ2) is 8.53. The molecule has 0 aromatic carbocycles. The molecule has 0 aromatic rings. The summed E-state index contributed by atoms with van der Waals surface area (Å²) in [5.41, 5.74) is 0. The second-order valence-electron chi connectivity index (χ2n) is 4.34. The van der Waals surface area contributed by atoms with Crippen LogP contribution in [-0.2, 0) is 9.53 Å². The normalized spacial score (nSPS) is 12.9. The molecule has 0 bridgehead atoms. The van der Waals surface area contributed by atoms with Crippen LogP contribution in [0.3, 0.4) is 0 Å². The Morgan fingerprint density at radius 3 is 2.38 bits per heavy atom. The van der Waals surface area contributed by atoms with Gasteiger partial charge in [0, 0.05) is 25.7 Å². The molecule has 0 rings (SSSR count). The van der Waals surface area contributed by atoms with E-state index in [4.69, 9.17) is 4.74 Å².